The SMILES string of the molecule is CC12CC=C(C(=O)c3ccccc3)N1CC[C@H]2C(=O)O. The van der Waals surface area contributed by atoms with Crippen molar-refractivity contribution < 1.29 is 14.7 Å². The summed E-state index contributed by atoms with van der Waals surface area (Å²) in [6, 6.07) is 9.14. The van der Waals surface area contributed by atoms with Crippen molar-refractivity contribution in [3.63, 3.8) is 0 Å². The fourth-order valence-electron chi connectivity index (χ4n) is 3.42. The zero-order valence-electron chi connectivity index (χ0n) is 11.4. The van der Waals surface area contributed by atoms with Gasteiger partial charge in [-0.3, -0.25) is 9.59 Å². The van der Waals surface area contributed by atoms with Gasteiger partial charge < -0.3 is 10.0 Å². The standard InChI is InChI=1S/C16H17NO3/c1-16-9-7-13(14(18)11-5-3-2-4-6-11)17(16)10-8-12(16)15(19)20/h2-7,12H,8-10H2,1H3,(H,19,20)/t12-,16?/m0/s1. The third-order valence-corrected chi connectivity index (χ3v) is 4.57. The van der Waals surface area contributed by atoms with Crippen LogP contribution in [0.2, 0.25) is 0 Å². The number of benzene rings is 1. The lowest BCUT2D eigenvalue weighted by Crippen LogP contribution is -2.44. The summed E-state index contributed by atoms with van der Waals surface area (Å²) in [5.41, 5.74) is 0.857. The van der Waals surface area contributed by atoms with Crippen LogP contribution >= 0.6 is 0 Å². The van der Waals surface area contributed by atoms with Gasteiger partial charge in [0.05, 0.1) is 17.2 Å². The second kappa shape index (κ2) is 4.47. The molecular formula is C16H17NO3. The molecular weight excluding hydrogens is 254 g/mol. The highest BCUT2D eigenvalue weighted by molar-refractivity contribution is 6.08. The Labute approximate surface area is 117 Å². The molecule has 1 fully saturated rings. The van der Waals surface area contributed by atoms with Crippen LogP contribution in [0.15, 0.2) is 42.1 Å². The van der Waals surface area contributed by atoms with Gasteiger partial charge >= 0.3 is 5.97 Å². The number of allylic oxidation sites excluding steroid dienone is 1. The molecule has 4 nitrogen and oxygen atoms in total. The molecule has 1 unspecified atom stereocenters. The maximum Gasteiger partial charge on any atom is 0.308 e. The van der Waals surface area contributed by atoms with Crippen molar-refractivity contribution in [1.82, 2.24) is 4.90 Å². The Hall–Kier alpha value is -2.10. The summed E-state index contributed by atoms with van der Waals surface area (Å²) in [5.74, 6) is -1.18. The van der Waals surface area contributed by atoms with E-state index in [0.29, 0.717) is 30.6 Å². The Kier molecular flexibility index (Phi) is 2.89. The molecule has 0 aliphatic carbocycles. The van der Waals surface area contributed by atoms with Crippen LogP contribution in [0.5, 0.6) is 0 Å². The van der Waals surface area contributed by atoms with E-state index in [9.17, 15) is 14.7 Å². The van der Waals surface area contributed by atoms with Gasteiger partial charge in [0, 0.05) is 12.1 Å². The molecule has 104 valence electrons. The molecule has 1 aromatic carbocycles. The molecule has 0 radical (unpaired) electrons. The van der Waals surface area contributed by atoms with E-state index in [1.165, 1.54) is 0 Å². The Balaban J connectivity index is 1.89. The molecule has 2 aliphatic heterocycles. The van der Waals surface area contributed by atoms with Crippen LogP contribution in [0.4, 0.5) is 0 Å². The number of fused-ring (bicyclic) bond motifs is 1. The Morgan fingerprint density at radius 2 is 2.00 bits per heavy atom. The predicted octanol–water partition coefficient (Wildman–Crippen LogP) is 2.32. The van der Waals surface area contributed by atoms with Crippen molar-refractivity contribution >= 4 is 11.8 Å². The third kappa shape index (κ3) is 1.75. The quantitative estimate of drug-likeness (QED) is 0.857. The van der Waals surface area contributed by atoms with Gasteiger partial charge in [-0.25, -0.2) is 0 Å². The molecule has 1 N–H and O–H groups in total. The minimum absolute atomic E-state index is 0.0136. The lowest BCUT2D eigenvalue weighted by molar-refractivity contribution is -0.144. The van der Waals surface area contributed by atoms with Crippen molar-refractivity contribution in [1.29, 1.82) is 0 Å². The van der Waals surface area contributed by atoms with Gasteiger partial charge in [-0.2, -0.15) is 0 Å². The third-order valence-electron chi connectivity index (χ3n) is 4.57. The predicted molar refractivity (Wildman–Crippen MR) is 74.3 cm³/mol. The number of ketones is 1. The number of hydrogen-bond acceptors (Lipinski definition) is 3. The maximum absolute atomic E-state index is 12.6. The summed E-state index contributed by atoms with van der Waals surface area (Å²) in [7, 11) is 0. The first-order valence-corrected chi connectivity index (χ1v) is 6.84. The van der Waals surface area contributed by atoms with E-state index in [2.05, 4.69) is 0 Å². The molecule has 0 bridgehead atoms. The monoisotopic (exact) mass is 271 g/mol. The van der Waals surface area contributed by atoms with Crippen LogP contribution in [-0.4, -0.2) is 33.8 Å². The molecule has 2 atom stereocenters. The first-order valence-electron chi connectivity index (χ1n) is 6.84. The van der Waals surface area contributed by atoms with Gasteiger partial charge in [-0.15, -0.1) is 0 Å². The van der Waals surface area contributed by atoms with Crippen LogP contribution in [0.25, 0.3) is 0 Å². The molecule has 20 heavy (non-hydrogen) atoms. The lowest BCUT2D eigenvalue weighted by atomic mass is 9.85. The van der Waals surface area contributed by atoms with Gasteiger partial charge in [0.15, 0.2) is 0 Å². The number of hydrogen-bond donors (Lipinski definition) is 1. The van der Waals surface area contributed by atoms with E-state index < -0.39 is 17.4 Å². The molecule has 4 heteroatoms. The number of carboxylic acids is 1. The average Bonchev–Trinajstić information content (AvgIpc) is 2.93. The topological polar surface area (TPSA) is 57.6 Å². The number of carbonyl (C=O) groups excluding carboxylic acids is 1. The first-order chi connectivity index (χ1) is 9.54. The van der Waals surface area contributed by atoms with E-state index in [1.54, 1.807) is 12.1 Å². The smallest absolute Gasteiger partial charge is 0.308 e. The minimum Gasteiger partial charge on any atom is -0.481 e. The van der Waals surface area contributed by atoms with E-state index in [-0.39, 0.29) is 5.78 Å². The molecule has 1 aromatic rings. The summed E-state index contributed by atoms with van der Waals surface area (Å²) in [4.78, 5) is 25.9. The molecule has 0 saturated carbocycles. The fraction of sp³-hybridized carbons (Fsp3) is 0.375. The number of carboxylic acid groups (broad SMARTS) is 1. The van der Waals surface area contributed by atoms with Gasteiger partial charge in [-0.1, -0.05) is 36.4 Å². The van der Waals surface area contributed by atoms with E-state index >= 15 is 0 Å². The normalized spacial score (nSPS) is 28.1. The van der Waals surface area contributed by atoms with Gasteiger partial charge in [0.25, 0.3) is 0 Å². The Morgan fingerprint density at radius 1 is 1.30 bits per heavy atom. The highest BCUT2D eigenvalue weighted by Crippen LogP contribution is 2.45. The molecule has 1 saturated heterocycles. The Bertz CT molecular complexity index is 593. The average molecular weight is 271 g/mol. The zero-order valence-corrected chi connectivity index (χ0v) is 11.4. The summed E-state index contributed by atoms with van der Waals surface area (Å²) < 4.78 is 0. The van der Waals surface area contributed by atoms with E-state index in [1.807, 2.05) is 36.1 Å². The minimum atomic E-state index is -0.767. The van der Waals surface area contributed by atoms with Crippen LogP contribution in [-0.2, 0) is 4.79 Å². The van der Waals surface area contributed by atoms with Crippen molar-refractivity contribution in [2.75, 3.05) is 6.54 Å². The second-order valence-electron chi connectivity index (χ2n) is 5.68. The molecule has 2 heterocycles. The first kappa shape index (κ1) is 12.9. The fourth-order valence-corrected chi connectivity index (χ4v) is 3.42. The largest absolute Gasteiger partial charge is 0.481 e. The van der Waals surface area contributed by atoms with Crippen LogP contribution < -0.4 is 0 Å². The lowest BCUT2D eigenvalue weighted by Gasteiger charge is -2.34. The van der Waals surface area contributed by atoms with Crippen molar-refractivity contribution in [3.8, 4) is 0 Å². The molecule has 0 amide bonds. The number of aliphatic carboxylic acids is 1. The number of rotatable bonds is 3. The molecule has 2 aliphatic rings. The van der Waals surface area contributed by atoms with Crippen LogP contribution in [0.3, 0.4) is 0 Å². The maximum atomic E-state index is 12.6. The number of nitrogens with zero attached hydrogens (tertiary/aromatic N) is 1. The van der Waals surface area contributed by atoms with Crippen LogP contribution in [0.1, 0.15) is 30.1 Å². The van der Waals surface area contributed by atoms with E-state index in [0.717, 1.165) is 0 Å². The summed E-state index contributed by atoms with van der Waals surface area (Å²) in [6.07, 6.45) is 3.12. The summed E-state index contributed by atoms with van der Waals surface area (Å²) >= 11 is 0. The van der Waals surface area contributed by atoms with Crippen molar-refractivity contribution in [2.45, 2.75) is 25.3 Å². The van der Waals surface area contributed by atoms with Gasteiger partial charge in [0.2, 0.25) is 5.78 Å². The van der Waals surface area contributed by atoms with Crippen molar-refractivity contribution in [3.05, 3.63) is 47.7 Å². The molecule has 0 aromatic heterocycles. The summed E-state index contributed by atoms with van der Waals surface area (Å²) in [5, 5.41) is 9.33. The number of carbonyl (C=O) groups is 2. The highest BCUT2D eigenvalue weighted by atomic mass is 16.4. The highest BCUT2D eigenvalue weighted by Gasteiger charge is 2.52. The number of Topliss-reactive ketones (excluding diaryl/α,β-unsaturated/α-hetero) is 1. The van der Waals surface area contributed by atoms with E-state index in [4.69, 9.17) is 0 Å². The van der Waals surface area contributed by atoms with Crippen molar-refractivity contribution in [2.24, 2.45) is 5.92 Å². The molecule has 0 spiro atoms. The Morgan fingerprint density at radius 3 is 2.65 bits per heavy atom. The van der Waals surface area contributed by atoms with Crippen LogP contribution in [0, 0.1) is 5.92 Å². The summed E-state index contributed by atoms with van der Waals surface area (Å²) in [6.45, 7) is 2.58. The molecule has 3 rings (SSSR count). The van der Waals surface area contributed by atoms with Gasteiger partial charge in [0.1, 0.15) is 0 Å². The zero-order chi connectivity index (χ0) is 14.3. The van der Waals surface area contributed by atoms with Gasteiger partial charge in [-0.05, 0) is 19.8 Å². The second-order valence-corrected chi connectivity index (χ2v) is 5.68.